The number of sulfonamides is 1. The summed E-state index contributed by atoms with van der Waals surface area (Å²) in [6.07, 6.45) is 0.623. The highest BCUT2D eigenvalue weighted by Crippen LogP contribution is 2.23. The molecule has 20 heavy (non-hydrogen) atoms. The summed E-state index contributed by atoms with van der Waals surface area (Å²) in [5.41, 5.74) is 0.155. The maximum absolute atomic E-state index is 12.2. The average molecular weight is 305 g/mol. The van der Waals surface area contributed by atoms with E-state index in [1.807, 2.05) is 0 Å². The zero-order valence-electron chi connectivity index (χ0n) is 11.5. The first kappa shape index (κ1) is 15.4. The van der Waals surface area contributed by atoms with Crippen LogP contribution in [0.5, 0.6) is 0 Å². The number of rotatable bonds is 6. The van der Waals surface area contributed by atoms with Crippen molar-refractivity contribution in [2.24, 2.45) is 0 Å². The van der Waals surface area contributed by atoms with Crippen LogP contribution < -0.4 is 4.72 Å². The number of aryl methyl sites for hydroxylation is 1. The summed E-state index contributed by atoms with van der Waals surface area (Å²) in [4.78, 5) is 0. The molecule has 1 aliphatic heterocycles. The first-order chi connectivity index (χ1) is 9.44. The highest BCUT2D eigenvalue weighted by atomic mass is 32.2. The van der Waals surface area contributed by atoms with Gasteiger partial charge in [0.2, 0.25) is 0 Å². The SMILES string of the molecule is COC1(CNS(=O)(=O)c2n[nH]c(C)c2CO)CCOC1. The van der Waals surface area contributed by atoms with Crippen molar-refractivity contribution in [1.82, 2.24) is 14.9 Å². The Hall–Kier alpha value is -1.00. The van der Waals surface area contributed by atoms with Crippen LogP contribution in [0.25, 0.3) is 0 Å². The molecule has 1 saturated heterocycles. The second-order valence-corrected chi connectivity index (χ2v) is 6.49. The predicted molar refractivity (Wildman–Crippen MR) is 69.6 cm³/mol. The molecule has 9 heteroatoms. The second-order valence-electron chi connectivity index (χ2n) is 4.80. The van der Waals surface area contributed by atoms with Gasteiger partial charge < -0.3 is 14.6 Å². The van der Waals surface area contributed by atoms with Crippen LogP contribution in [0.4, 0.5) is 0 Å². The van der Waals surface area contributed by atoms with Crippen molar-refractivity contribution in [2.45, 2.75) is 30.6 Å². The van der Waals surface area contributed by atoms with Gasteiger partial charge in [-0.1, -0.05) is 0 Å². The van der Waals surface area contributed by atoms with E-state index in [-0.39, 0.29) is 17.1 Å². The lowest BCUT2D eigenvalue weighted by Gasteiger charge is -2.25. The quantitative estimate of drug-likeness (QED) is 0.640. The van der Waals surface area contributed by atoms with Gasteiger partial charge in [0, 0.05) is 37.9 Å². The molecule has 0 spiro atoms. The third-order valence-electron chi connectivity index (χ3n) is 3.53. The number of aromatic amines is 1. The molecule has 1 unspecified atom stereocenters. The smallest absolute Gasteiger partial charge is 0.260 e. The summed E-state index contributed by atoms with van der Waals surface area (Å²) in [7, 11) is -2.28. The van der Waals surface area contributed by atoms with E-state index in [1.165, 1.54) is 7.11 Å². The molecule has 114 valence electrons. The van der Waals surface area contributed by atoms with E-state index < -0.39 is 22.2 Å². The Kier molecular flexibility index (Phi) is 4.45. The van der Waals surface area contributed by atoms with Crippen molar-refractivity contribution in [2.75, 3.05) is 26.9 Å². The molecule has 1 aromatic heterocycles. The number of ether oxygens (including phenoxy) is 2. The van der Waals surface area contributed by atoms with Crippen molar-refractivity contribution in [3.63, 3.8) is 0 Å². The second kappa shape index (κ2) is 5.78. The summed E-state index contributed by atoms with van der Waals surface area (Å²) in [6, 6.07) is 0. The van der Waals surface area contributed by atoms with Crippen molar-refractivity contribution >= 4 is 10.0 Å². The molecule has 0 amide bonds. The van der Waals surface area contributed by atoms with Crippen LogP contribution >= 0.6 is 0 Å². The van der Waals surface area contributed by atoms with Gasteiger partial charge in [-0.25, -0.2) is 13.1 Å². The Morgan fingerprint density at radius 2 is 2.35 bits per heavy atom. The minimum Gasteiger partial charge on any atom is -0.392 e. The number of nitrogens with one attached hydrogen (secondary N) is 2. The van der Waals surface area contributed by atoms with E-state index in [9.17, 15) is 13.5 Å². The van der Waals surface area contributed by atoms with Crippen molar-refractivity contribution < 1.29 is 23.0 Å². The lowest BCUT2D eigenvalue weighted by molar-refractivity contribution is -0.0120. The Morgan fingerprint density at radius 3 is 2.90 bits per heavy atom. The molecule has 8 nitrogen and oxygen atoms in total. The molecule has 0 aliphatic carbocycles. The van der Waals surface area contributed by atoms with Crippen LogP contribution in [0.3, 0.4) is 0 Å². The number of aromatic nitrogens is 2. The summed E-state index contributed by atoms with van der Waals surface area (Å²) in [6.45, 7) is 2.25. The Bertz CT molecular complexity index is 563. The van der Waals surface area contributed by atoms with Gasteiger partial charge in [0.05, 0.1) is 13.2 Å². The molecule has 1 fully saturated rings. The van der Waals surface area contributed by atoms with Gasteiger partial charge in [0.15, 0.2) is 5.03 Å². The third kappa shape index (κ3) is 2.86. The summed E-state index contributed by atoms with van der Waals surface area (Å²) >= 11 is 0. The zero-order chi connectivity index (χ0) is 14.8. The summed E-state index contributed by atoms with van der Waals surface area (Å²) < 4.78 is 37.6. The van der Waals surface area contributed by atoms with E-state index in [4.69, 9.17) is 9.47 Å². The number of aliphatic hydroxyl groups excluding tert-OH is 1. The Balaban J connectivity index is 2.15. The van der Waals surface area contributed by atoms with Crippen molar-refractivity contribution in [3.05, 3.63) is 11.3 Å². The number of aliphatic hydroxyl groups is 1. The van der Waals surface area contributed by atoms with Crippen molar-refractivity contribution in [3.8, 4) is 0 Å². The largest absolute Gasteiger partial charge is 0.392 e. The molecular weight excluding hydrogens is 286 g/mol. The normalized spacial score (nSPS) is 23.4. The highest BCUT2D eigenvalue weighted by molar-refractivity contribution is 7.89. The molecule has 0 saturated carbocycles. The lowest BCUT2D eigenvalue weighted by atomic mass is 10.0. The molecule has 1 atom stereocenters. The minimum absolute atomic E-state index is 0.0998. The molecule has 3 N–H and O–H groups in total. The van der Waals surface area contributed by atoms with Crippen LogP contribution in [-0.2, 0) is 26.1 Å². The fraction of sp³-hybridized carbons (Fsp3) is 0.727. The maximum Gasteiger partial charge on any atom is 0.260 e. The highest BCUT2D eigenvalue weighted by Gasteiger charge is 2.37. The fourth-order valence-electron chi connectivity index (χ4n) is 2.09. The molecule has 0 bridgehead atoms. The number of H-pyrrole nitrogens is 1. The minimum atomic E-state index is -3.81. The van der Waals surface area contributed by atoms with Crippen LogP contribution in [0.15, 0.2) is 5.03 Å². The van der Waals surface area contributed by atoms with Crippen molar-refractivity contribution in [1.29, 1.82) is 0 Å². The van der Waals surface area contributed by atoms with Gasteiger partial charge in [0.1, 0.15) is 5.60 Å². The number of hydrogen-bond acceptors (Lipinski definition) is 6. The molecule has 0 radical (unpaired) electrons. The molecule has 1 aliphatic rings. The van der Waals surface area contributed by atoms with Crippen LogP contribution in [0, 0.1) is 6.92 Å². The van der Waals surface area contributed by atoms with E-state index in [0.29, 0.717) is 25.3 Å². The van der Waals surface area contributed by atoms with Gasteiger partial charge >= 0.3 is 0 Å². The number of hydrogen-bond donors (Lipinski definition) is 3. The van der Waals surface area contributed by atoms with E-state index >= 15 is 0 Å². The van der Waals surface area contributed by atoms with E-state index in [1.54, 1.807) is 6.92 Å². The molecule has 0 aromatic carbocycles. The lowest BCUT2D eigenvalue weighted by Crippen LogP contribution is -2.45. The molecule has 1 aromatic rings. The number of nitrogens with zero attached hydrogens (tertiary/aromatic N) is 1. The summed E-state index contributed by atoms with van der Waals surface area (Å²) in [5.74, 6) is 0. The monoisotopic (exact) mass is 305 g/mol. The zero-order valence-corrected chi connectivity index (χ0v) is 12.3. The van der Waals surface area contributed by atoms with Crippen LogP contribution in [0.2, 0.25) is 0 Å². The first-order valence-corrected chi connectivity index (χ1v) is 7.70. The standard InChI is InChI=1S/C11H19N3O5S/c1-8-9(5-15)10(14-13-8)20(16,17)12-6-11(18-2)3-4-19-7-11/h12,15H,3-7H2,1-2H3,(H,13,14). The fourth-order valence-corrected chi connectivity index (χ4v) is 3.39. The average Bonchev–Trinajstić information content (AvgIpc) is 3.04. The first-order valence-electron chi connectivity index (χ1n) is 6.21. The van der Waals surface area contributed by atoms with Gasteiger partial charge in [-0.2, -0.15) is 5.10 Å². The van der Waals surface area contributed by atoms with E-state index in [2.05, 4.69) is 14.9 Å². The van der Waals surface area contributed by atoms with Gasteiger partial charge in [0.25, 0.3) is 10.0 Å². The van der Waals surface area contributed by atoms with E-state index in [0.717, 1.165) is 0 Å². The van der Waals surface area contributed by atoms with Gasteiger partial charge in [-0.05, 0) is 6.92 Å². The van der Waals surface area contributed by atoms with Crippen LogP contribution in [0.1, 0.15) is 17.7 Å². The third-order valence-corrected chi connectivity index (χ3v) is 4.90. The maximum atomic E-state index is 12.2. The number of methoxy groups -OCH3 is 1. The molecule has 2 heterocycles. The van der Waals surface area contributed by atoms with Gasteiger partial charge in [-0.15, -0.1) is 0 Å². The van der Waals surface area contributed by atoms with Gasteiger partial charge in [-0.3, -0.25) is 5.10 Å². The Labute approximate surface area is 117 Å². The molecular formula is C11H19N3O5S. The Morgan fingerprint density at radius 1 is 1.60 bits per heavy atom. The molecule has 2 rings (SSSR count). The summed E-state index contributed by atoms with van der Waals surface area (Å²) in [5, 5.41) is 15.4. The predicted octanol–water partition coefficient (Wildman–Crippen LogP) is -0.706. The van der Waals surface area contributed by atoms with Crippen LogP contribution in [-0.4, -0.2) is 56.2 Å². The topological polar surface area (TPSA) is 114 Å².